The number of carbonyl (C=O) groups is 1. The fraction of sp³-hybridized carbons (Fsp3) is 0.316. The molecule has 0 aliphatic heterocycles. The summed E-state index contributed by atoms with van der Waals surface area (Å²) in [6, 6.07) is 7.43. The Morgan fingerprint density at radius 3 is 2.54 bits per heavy atom. The number of carbonyl (C=O) groups excluding carboxylic acids is 1. The quantitative estimate of drug-likeness (QED) is 0.692. The molecule has 0 fully saturated rings. The van der Waals surface area contributed by atoms with Crippen LogP contribution in [0.25, 0.3) is 11.0 Å². The first-order chi connectivity index (χ1) is 12.3. The van der Waals surface area contributed by atoms with E-state index in [9.17, 15) is 4.79 Å². The zero-order valence-corrected chi connectivity index (χ0v) is 16.4. The van der Waals surface area contributed by atoms with E-state index in [2.05, 4.69) is 15.4 Å². The fourth-order valence-corrected chi connectivity index (χ4v) is 3.42. The third kappa shape index (κ3) is 4.00. The summed E-state index contributed by atoms with van der Waals surface area (Å²) in [5.41, 5.74) is 3.02. The maximum absolute atomic E-state index is 12.5. The molecule has 0 radical (unpaired) electrons. The van der Waals surface area contributed by atoms with Crippen LogP contribution in [0.3, 0.4) is 0 Å². The zero-order chi connectivity index (χ0) is 18.8. The summed E-state index contributed by atoms with van der Waals surface area (Å²) in [6.45, 7) is 6.42. The zero-order valence-electron chi connectivity index (χ0n) is 14.9. The van der Waals surface area contributed by atoms with E-state index in [1.54, 1.807) is 12.3 Å². The highest BCUT2D eigenvalue weighted by molar-refractivity contribution is 6.34. The number of aromatic nitrogens is 3. The molecule has 0 spiro atoms. The van der Waals surface area contributed by atoms with Gasteiger partial charge in [-0.25, -0.2) is 9.67 Å². The molecule has 0 atom stereocenters. The van der Waals surface area contributed by atoms with Crippen LogP contribution in [0.5, 0.6) is 0 Å². The number of rotatable bonds is 5. The van der Waals surface area contributed by atoms with E-state index in [4.69, 9.17) is 23.2 Å². The van der Waals surface area contributed by atoms with E-state index in [-0.39, 0.29) is 11.9 Å². The van der Waals surface area contributed by atoms with Crippen molar-refractivity contribution in [2.45, 2.75) is 33.2 Å². The fourth-order valence-electron chi connectivity index (χ4n) is 2.84. The molecule has 0 aliphatic carbocycles. The van der Waals surface area contributed by atoms with Crippen molar-refractivity contribution < 1.29 is 4.79 Å². The van der Waals surface area contributed by atoms with Crippen molar-refractivity contribution in [2.24, 2.45) is 0 Å². The van der Waals surface area contributed by atoms with Gasteiger partial charge in [-0.05, 0) is 57.0 Å². The summed E-state index contributed by atoms with van der Waals surface area (Å²) in [7, 11) is 0. The minimum absolute atomic E-state index is 0.151. The van der Waals surface area contributed by atoms with Crippen LogP contribution in [0, 0.1) is 6.92 Å². The second-order valence-electron chi connectivity index (χ2n) is 6.50. The first-order valence-corrected chi connectivity index (χ1v) is 9.19. The molecule has 0 saturated heterocycles. The predicted molar refractivity (Wildman–Crippen MR) is 105 cm³/mol. The number of pyridine rings is 1. The van der Waals surface area contributed by atoms with Crippen molar-refractivity contribution in [1.29, 1.82) is 0 Å². The molecule has 1 aromatic carbocycles. The average Bonchev–Trinajstić information content (AvgIpc) is 2.95. The predicted octanol–water partition coefficient (Wildman–Crippen LogP) is 4.60. The SMILES string of the molecule is Cc1nc2c(cnn2C(C)C)cc1C(=O)NCCc1cc(Cl)cc(Cl)c1. The molecule has 0 bridgehead atoms. The molecule has 136 valence electrons. The summed E-state index contributed by atoms with van der Waals surface area (Å²) >= 11 is 12.0. The van der Waals surface area contributed by atoms with Crippen LogP contribution in [0.2, 0.25) is 10.0 Å². The lowest BCUT2D eigenvalue weighted by Gasteiger charge is -2.10. The topological polar surface area (TPSA) is 59.8 Å². The Morgan fingerprint density at radius 2 is 1.88 bits per heavy atom. The Bertz CT molecular complexity index is 945. The van der Waals surface area contributed by atoms with Gasteiger partial charge in [-0.15, -0.1) is 0 Å². The number of benzene rings is 1. The van der Waals surface area contributed by atoms with Gasteiger partial charge in [-0.2, -0.15) is 5.10 Å². The molecule has 7 heteroatoms. The highest BCUT2D eigenvalue weighted by Gasteiger charge is 2.15. The number of aryl methyl sites for hydroxylation is 1. The largest absolute Gasteiger partial charge is 0.352 e. The number of halogens is 2. The van der Waals surface area contributed by atoms with E-state index in [1.165, 1.54) is 0 Å². The molecular formula is C19H20Cl2N4O. The van der Waals surface area contributed by atoms with Crippen LogP contribution in [0.1, 0.15) is 41.5 Å². The summed E-state index contributed by atoms with van der Waals surface area (Å²) < 4.78 is 1.85. The van der Waals surface area contributed by atoms with Gasteiger partial charge in [0.1, 0.15) is 0 Å². The van der Waals surface area contributed by atoms with Gasteiger partial charge in [0, 0.05) is 28.0 Å². The van der Waals surface area contributed by atoms with E-state index < -0.39 is 0 Å². The second kappa shape index (κ2) is 7.64. The molecular weight excluding hydrogens is 371 g/mol. The summed E-state index contributed by atoms with van der Waals surface area (Å²) in [4.78, 5) is 17.1. The average molecular weight is 391 g/mol. The monoisotopic (exact) mass is 390 g/mol. The van der Waals surface area contributed by atoms with Gasteiger partial charge in [0.2, 0.25) is 0 Å². The standard InChI is InChI=1S/C19H20Cl2N4O/c1-11(2)25-18-14(10-23-25)8-17(12(3)24-18)19(26)22-5-4-13-6-15(20)9-16(21)7-13/h6-11H,4-5H2,1-3H3,(H,22,26). The summed E-state index contributed by atoms with van der Waals surface area (Å²) in [5, 5.41) is 9.32. The Kier molecular flexibility index (Phi) is 5.49. The molecule has 0 aliphatic rings. The van der Waals surface area contributed by atoms with Gasteiger partial charge in [-0.1, -0.05) is 23.2 Å². The third-order valence-corrected chi connectivity index (χ3v) is 4.55. The van der Waals surface area contributed by atoms with Crippen molar-refractivity contribution in [1.82, 2.24) is 20.1 Å². The van der Waals surface area contributed by atoms with Crippen LogP contribution >= 0.6 is 23.2 Å². The number of hydrogen-bond acceptors (Lipinski definition) is 3. The number of nitrogens with zero attached hydrogens (tertiary/aromatic N) is 3. The van der Waals surface area contributed by atoms with Crippen molar-refractivity contribution in [3.8, 4) is 0 Å². The minimum atomic E-state index is -0.151. The van der Waals surface area contributed by atoms with E-state index in [1.807, 2.05) is 43.7 Å². The van der Waals surface area contributed by atoms with Crippen LogP contribution in [-0.2, 0) is 6.42 Å². The van der Waals surface area contributed by atoms with Gasteiger partial charge in [0.25, 0.3) is 5.91 Å². The van der Waals surface area contributed by atoms with Gasteiger partial charge in [0.15, 0.2) is 5.65 Å². The Morgan fingerprint density at radius 1 is 1.19 bits per heavy atom. The van der Waals surface area contributed by atoms with E-state index in [0.29, 0.717) is 34.3 Å². The molecule has 5 nitrogen and oxygen atoms in total. The maximum atomic E-state index is 12.5. The summed E-state index contributed by atoms with van der Waals surface area (Å²) in [5.74, 6) is -0.151. The van der Waals surface area contributed by atoms with Crippen molar-refractivity contribution in [2.75, 3.05) is 6.54 Å². The Hall–Kier alpha value is -2.11. The summed E-state index contributed by atoms with van der Waals surface area (Å²) in [6.07, 6.45) is 2.39. The molecule has 1 N–H and O–H groups in total. The molecule has 2 aromatic heterocycles. The Labute approximate surface area is 162 Å². The molecule has 0 unspecified atom stereocenters. The molecule has 26 heavy (non-hydrogen) atoms. The smallest absolute Gasteiger partial charge is 0.253 e. The van der Waals surface area contributed by atoms with Crippen LogP contribution in [0.4, 0.5) is 0 Å². The first-order valence-electron chi connectivity index (χ1n) is 8.43. The molecule has 0 saturated carbocycles. The maximum Gasteiger partial charge on any atom is 0.253 e. The highest BCUT2D eigenvalue weighted by Crippen LogP contribution is 2.20. The number of fused-ring (bicyclic) bond motifs is 1. The van der Waals surface area contributed by atoms with Gasteiger partial charge in [0.05, 0.1) is 17.5 Å². The van der Waals surface area contributed by atoms with Gasteiger partial charge in [-0.3, -0.25) is 4.79 Å². The van der Waals surface area contributed by atoms with Crippen LogP contribution < -0.4 is 5.32 Å². The number of nitrogens with one attached hydrogen (secondary N) is 1. The molecule has 1 amide bonds. The van der Waals surface area contributed by atoms with Crippen molar-refractivity contribution in [3.63, 3.8) is 0 Å². The normalized spacial score (nSPS) is 11.3. The van der Waals surface area contributed by atoms with Crippen LogP contribution in [0.15, 0.2) is 30.5 Å². The highest BCUT2D eigenvalue weighted by atomic mass is 35.5. The van der Waals surface area contributed by atoms with Gasteiger partial charge >= 0.3 is 0 Å². The molecule has 3 aromatic rings. The van der Waals surface area contributed by atoms with Crippen LogP contribution in [-0.4, -0.2) is 27.2 Å². The number of amides is 1. The van der Waals surface area contributed by atoms with E-state index >= 15 is 0 Å². The van der Waals surface area contributed by atoms with Gasteiger partial charge < -0.3 is 5.32 Å². The van der Waals surface area contributed by atoms with E-state index in [0.717, 1.165) is 16.6 Å². The molecule has 3 rings (SSSR count). The molecule has 2 heterocycles. The minimum Gasteiger partial charge on any atom is -0.352 e. The first kappa shape index (κ1) is 18.7. The van der Waals surface area contributed by atoms with Crippen molar-refractivity contribution in [3.05, 3.63) is 57.3 Å². The Balaban J connectivity index is 1.72. The third-order valence-electron chi connectivity index (χ3n) is 4.12. The lowest BCUT2D eigenvalue weighted by Crippen LogP contribution is -2.26. The van der Waals surface area contributed by atoms with Crippen molar-refractivity contribution >= 4 is 40.1 Å². The lowest BCUT2D eigenvalue weighted by molar-refractivity contribution is 0.0953. The second-order valence-corrected chi connectivity index (χ2v) is 7.37. The number of hydrogen-bond donors (Lipinski definition) is 1. The lowest BCUT2D eigenvalue weighted by atomic mass is 10.1.